The molecule has 0 N–H and O–H groups in total. The first kappa shape index (κ1) is 36.4. The zero-order valence-corrected chi connectivity index (χ0v) is 34.2. The van der Waals surface area contributed by atoms with Crippen molar-refractivity contribution in [2.24, 2.45) is 0 Å². The van der Waals surface area contributed by atoms with Crippen LogP contribution < -0.4 is 0 Å². The van der Waals surface area contributed by atoms with Gasteiger partial charge in [-0.2, -0.15) is 11.3 Å². The van der Waals surface area contributed by atoms with E-state index in [1.54, 1.807) is 11.3 Å². The fourth-order valence-electron chi connectivity index (χ4n) is 7.73. The molecule has 0 unspecified atom stereocenters. The Morgan fingerprint density at radius 3 is 2.07 bits per heavy atom. The Balaban J connectivity index is 0.000000168. The number of benzene rings is 7. The Hall–Kier alpha value is -5.58. The van der Waals surface area contributed by atoms with Gasteiger partial charge in [0.15, 0.2) is 0 Å². The molecule has 10 rings (SSSR count). The first-order valence-electron chi connectivity index (χ1n) is 18.3. The summed E-state index contributed by atoms with van der Waals surface area (Å²) in [4.78, 5) is 14.8. The number of nitrogens with zero attached hydrogens (tertiary/aromatic N) is 3. The van der Waals surface area contributed by atoms with Gasteiger partial charge in [-0.05, 0) is 59.7 Å². The van der Waals surface area contributed by atoms with E-state index < -0.39 is 0 Å². The van der Waals surface area contributed by atoms with E-state index in [1.807, 2.05) is 30.3 Å². The average molecular weight is 904 g/mol. The van der Waals surface area contributed by atoms with Crippen molar-refractivity contribution in [2.45, 2.75) is 33.1 Å². The minimum atomic E-state index is -0.0674. The SMILES string of the molecule is Cc1cccc(C)c1-c1nc(-c2[c-]cc3c(c2)C(C)(C)c2ccccc2-3)nc2ccccc12.[Ir].[c-]1ccc(-c2ccccc2)cc1-c1nc2ccccc2s1. The quantitative estimate of drug-likeness (QED) is 0.165. The molecule has 3 nitrogen and oxygen atoms in total. The molecule has 2 heterocycles. The molecular formula is C50H37IrN3S-2. The number of fused-ring (bicyclic) bond motifs is 5. The summed E-state index contributed by atoms with van der Waals surface area (Å²) in [6, 6.07) is 59.4. The van der Waals surface area contributed by atoms with Crippen LogP contribution in [0.4, 0.5) is 0 Å². The number of aromatic nitrogens is 3. The molecule has 0 saturated heterocycles. The fraction of sp³-hybridized carbons (Fsp3) is 0.100. The Bertz CT molecular complexity index is 2790. The molecule has 55 heavy (non-hydrogen) atoms. The standard InChI is InChI=1S/C31H25N2.C19H12NS.Ir/c1-19-10-9-11-20(2)28(19)29-24-13-6-8-15-27(24)32-30(33-29)21-16-17-23-22-12-5-7-14-25(22)31(3,4)26(23)18-21;1-2-7-14(8-3-1)15-9-6-10-16(13-15)19-20-17-11-4-5-12-18(17)21-19;/h5-15,17-18H,1-4H3;1-9,11-13H;/q2*-1;. The summed E-state index contributed by atoms with van der Waals surface area (Å²) in [7, 11) is 0. The molecule has 5 heteroatoms. The summed E-state index contributed by atoms with van der Waals surface area (Å²) < 4.78 is 1.21. The first-order valence-corrected chi connectivity index (χ1v) is 19.1. The summed E-state index contributed by atoms with van der Waals surface area (Å²) >= 11 is 1.71. The third-order valence-electron chi connectivity index (χ3n) is 10.5. The largest absolute Gasteiger partial charge is 0.285 e. The molecular weight excluding hydrogens is 867 g/mol. The summed E-state index contributed by atoms with van der Waals surface area (Å²) in [5.41, 5.74) is 16.2. The monoisotopic (exact) mass is 904 g/mol. The fourth-order valence-corrected chi connectivity index (χ4v) is 8.68. The molecule has 0 aliphatic heterocycles. The molecule has 0 fully saturated rings. The van der Waals surface area contributed by atoms with Gasteiger partial charge in [-0.15, -0.1) is 64.7 Å². The minimum Gasteiger partial charge on any atom is -0.285 e. The molecule has 1 aliphatic carbocycles. The van der Waals surface area contributed by atoms with E-state index in [0.717, 1.165) is 44.1 Å². The summed E-state index contributed by atoms with van der Waals surface area (Å²) in [5.74, 6) is 0.723. The van der Waals surface area contributed by atoms with E-state index in [-0.39, 0.29) is 25.5 Å². The van der Waals surface area contributed by atoms with Crippen LogP contribution in [-0.2, 0) is 25.5 Å². The first-order chi connectivity index (χ1) is 26.3. The van der Waals surface area contributed by atoms with Crippen molar-refractivity contribution in [3.8, 4) is 55.5 Å². The maximum Gasteiger partial charge on any atom is 0.0763 e. The van der Waals surface area contributed by atoms with Gasteiger partial charge in [0, 0.05) is 40.8 Å². The normalized spacial score (nSPS) is 12.4. The van der Waals surface area contributed by atoms with Crippen LogP contribution in [-0.4, -0.2) is 15.0 Å². The number of hydrogen-bond donors (Lipinski definition) is 0. The maximum absolute atomic E-state index is 5.14. The van der Waals surface area contributed by atoms with E-state index in [1.165, 1.54) is 54.8 Å². The van der Waals surface area contributed by atoms with Gasteiger partial charge in [-0.3, -0.25) is 15.0 Å². The van der Waals surface area contributed by atoms with Crippen molar-refractivity contribution >= 4 is 32.5 Å². The number of para-hydroxylation sites is 2. The van der Waals surface area contributed by atoms with Gasteiger partial charge < -0.3 is 0 Å². The van der Waals surface area contributed by atoms with Gasteiger partial charge in [-0.25, -0.2) is 0 Å². The second-order valence-corrected chi connectivity index (χ2v) is 15.4. The second-order valence-electron chi connectivity index (χ2n) is 14.4. The predicted octanol–water partition coefficient (Wildman–Crippen LogP) is 13.1. The van der Waals surface area contributed by atoms with Crippen molar-refractivity contribution in [1.29, 1.82) is 0 Å². The summed E-state index contributed by atoms with van der Waals surface area (Å²) in [6.45, 7) is 8.90. The molecule has 0 spiro atoms. The molecule has 0 bridgehead atoms. The van der Waals surface area contributed by atoms with Crippen LogP contribution in [0.25, 0.3) is 76.6 Å². The van der Waals surface area contributed by atoms with Crippen LogP contribution in [0.5, 0.6) is 0 Å². The molecule has 7 aromatic carbocycles. The zero-order chi connectivity index (χ0) is 36.8. The molecule has 0 amide bonds. The van der Waals surface area contributed by atoms with Crippen LogP contribution in [0.3, 0.4) is 0 Å². The van der Waals surface area contributed by atoms with E-state index in [2.05, 4.69) is 161 Å². The number of aryl methyl sites for hydroxylation is 2. The maximum atomic E-state index is 5.14. The number of rotatable bonds is 4. The van der Waals surface area contributed by atoms with Crippen molar-refractivity contribution < 1.29 is 20.1 Å². The van der Waals surface area contributed by atoms with Gasteiger partial charge in [0.05, 0.1) is 22.6 Å². The molecule has 269 valence electrons. The topological polar surface area (TPSA) is 38.7 Å². The third kappa shape index (κ3) is 6.74. The number of thiazole rings is 1. The molecule has 0 saturated carbocycles. The Kier molecular flexibility index (Phi) is 9.87. The van der Waals surface area contributed by atoms with Crippen molar-refractivity contribution in [3.63, 3.8) is 0 Å². The van der Waals surface area contributed by atoms with Gasteiger partial charge in [0.2, 0.25) is 0 Å². The second kappa shape index (κ2) is 14.9. The van der Waals surface area contributed by atoms with Gasteiger partial charge in [0.1, 0.15) is 0 Å². The molecule has 1 aliphatic rings. The molecule has 2 aromatic heterocycles. The van der Waals surface area contributed by atoms with Crippen LogP contribution >= 0.6 is 11.3 Å². The Morgan fingerprint density at radius 1 is 0.564 bits per heavy atom. The van der Waals surface area contributed by atoms with E-state index in [9.17, 15) is 0 Å². The average Bonchev–Trinajstić information content (AvgIpc) is 3.75. The molecule has 0 atom stereocenters. The zero-order valence-electron chi connectivity index (χ0n) is 31.0. The van der Waals surface area contributed by atoms with E-state index in [0.29, 0.717) is 0 Å². The van der Waals surface area contributed by atoms with Crippen molar-refractivity contribution in [2.75, 3.05) is 0 Å². The predicted molar refractivity (Wildman–Crippen MR) is 226 cm³/mol. The van der Waals surface area contributed by atoms with Crippen LogP contribution in [0, 0.1) is 26.0 Å². The molecule has 9 aromatic rings. The Morgan fingerprint density at radius 2 is 1.27 bits per heavy atom. The van der Waals surface area contributed by atoms with Gasteiger partial charge in [-0.1, -0.05) is 128 Å². The van der Waals surface area contributed by atoms with E-state index in [4.69, 9.17) is 15.0 Å². The summed E-state index contributed by atoms with van der Waals surface area (Å²) in [6.07, 6.45) is 0. The van der Waals surface area contributed by atoms with Crippen LogP contribution in [0.2, 0.25) is 0 Å². The number of hydrogen-bond acceptors (Lipinski definition) is 4. The van der Waals surface area contributed by atoms with Gasteiger partial charge in [0.25, 0.3) is 0 Å². The van der Waals surface area contributed by atoms with E-state index >= 15 is 0 Å². The third-order valence-corrected chi connectivity index (χ3v) is 11.6. The smallest absolute Gasteiger partial charge is 0.0763 e. The minimum absolute atomic E-state index is 0. The van der Waals surface area contributed by atoms with Gasteiger partial charge >= 0.3 is 0 Å². The Labute approximate surface area is 340 Å². The molecule has 1 radical (unpaired) electrons. The van der Waals surface area contributed by atoms with Crippen LogP contribution in [0.15, 0.2) is 152 Å². The van der Waals surface area contributed by atoms with Crippen LogP contribution in [0.1, 0.15) is 36.1 Å². The summed E-state index contributed by atoms with van der Waals surface area (Å²) in [5, 5.41) is 2.10. The van der Waals surface area contributed by atoms with Crippen molar-refractivity contribution in [3.05, 3.63) is 186 Å². The van der Waals surface area contributed by atoms with Crippen molar-refractivity contribution in [1.82, 2.24) is 15.0 Å².